The molecule has 0 N–H and O–H groups in total. The van der Waals surface area contributed by atoms with Crippen LogP contribution < -0.4 is 10.3 Å². The molecular weight excluding hydrogens is 301 g/mol. The lowest BCUT2D eigenvalue weighted by atomic mass is 10.3. The number of hydrogen-bond donors (Lipinski definition) is 0. The molecule has 5 heteroatoms. The van der Waals surface area contributed by atoms with E-state index in [1.165, 1.54) is 16.7 Å². The lowest BCUT2D eigenvalue weighted by molar-refractivity contribution is 0.295. The Bertz CT molecular complexity index is 598. The molecule has 94 valence electrons. The zero-order chi connectivity index (χ0) is 13.0. The van der Waals surface area contributed by atoms with Gasteiger partial charge in [-0.2, -0.15) is 0 Å². The van der Waals surface area contributed by atoms with Gasteiger partial charge >= 0.3 is 0 Å². The minimum atomic E-state index is -0.371. The molecule has 18 heavy (non-hydrogen) atoms. The van der Waals surface area contributed by atoms with Crippen molar-refractivity contribution in [3.8, 4) is 5.75 Å². The Kier molecular flexibility index (Phi) is 4.15. The first-order valence-corrected chi connectivity index (χ1v) is 6.19. The number of ether oxygens (including phenoxy) is 1. The van der Waals surface area contributed by atoms with Crippen LogP contribution in [0.15, 0.2) is 51.9 Å². The molecule has 0 fully saturated rings. The molecule has 0 radical (unpaired) electrons. The maximum atomic E-state index is 13.2. The van der Waals surface area contributed by atoms with Gasteiger partial charge in [-0.25, -0.2) is 4.39 Å². The second-order valence-corrected chi connectivity index (χ2v) is 4.51. The van der Waals surface area contributed by atoms with E-state index in [-0.39, 0.29) is 11.4 Å². The van der Waals surface area contributed by atoms with E-state index in [1.54, 1.807) is 30.5 Å². The molecule has 0 saturated carbocycles. The summed E-state index contributed by atoms with van der Waals surface area (Å²) in [5, 5.41) is 0. The first-order valence-electron chi connectivity index (χ1n) is 5.40. The Morgan fingerprint density at radius 2 is 2.11 bits per heavy atom. The fraction of sp³-hybridized carbons (Fsp3) is 0.154. The van der Waals surface area contributed by atoms with Crippen LogP contribution in [0.5, 0.6) is 5.75 Å². The van der Waals surface area contributed by atoms with Crippen LogP contribution in [-0.4, -0.2) is 11.2 Å². The predicted octanol–water partition coefficient (Wildman–Crippen LogP) is 2.83. The van der Waals surface area contributed by atoms with Crippen LogP contribution >= 0.6 is 15.9 Å². The van der Waals surface area contributed by atoms with Crippen molar-refractivity contribution in [2.45, 2.75) is 6.54 Å². The van der Waals surface area contributed by atoms with Crippen molar-refractivity contribution in [3.05, 3.63) is 63.2 Å². The molecular formula is C13H11BrFNO2. The van der Waals surface area contributed by atoms with Gasteiger partial charge in [-0.3, -0.25) is 4.79 Å². The third kappa shape index (κ3) is 3.20. The topological polar surface area (TPSA) is 31.2 Å². The normalized spacial score (nSPS) is 10.3. The molecule has 0 aliphatic heterocycles. The van der Waals surface area contributed by atoms with Crippen LogP contribution in [0.2, 0.25) is 0 Å². The van der Waals surface area contributed by atoms with E-state index in [2.05, 4.69) is 15.9 Å². The highest BCUT2D eigenvalue weighted by molar-refractivity contribution is 9.10. The SMILES string of the molecule is O=c1ccccn1CCOc1ccc(Br)c(F)c1. The molecule has 0 atom stereocenters. The molecule has 0 aliphatic carbocycles. The van der Waals surface area contributed by atoms with E-state index in [0.717, 1.165) is 0 Å². The summed E-state index contributed by atoms with van der Waals surface area (Å²) in [4.78, 5) is 11.4. The van der Waals surface area contributed by atoms with Crippen molar-refractivity contribution in [1.29, 1.82) is 0 Å². The predicted molar refractivity (Wildman–Crippen MR) is 70.3 cm³/mol. The standard InChI is InChI=1S/C13H11BrFNO2/c14-11-5-4-10(9-12(11)15)18-8-7-16-6-2-1-3-13(16)17/h1-6,9H,7-8H2. The lowest BCUT2D eigenvalue weighted by Gasteiger charge is -2.08. The summed E-state index contributed by atoms with van der Waals surface area (Å²) in [5.74, 6) is 0.0732. The number of aromatic nitrogens is 1. The summed E-state index contributed by atoms with van der Waals surface area (Å²) >= 11 is 3.07. The van der Waals surface area contributed by atoms with Crippen LogP contribution in [0.3, 0.4) is 0 Å². The molecule has 1 aromatic heterocycles. The van der Waals surface area contributed by atoms with Gasteiger partial charge in [-0.15, -0.1) is 0 Å². The maximum Gasteiger partial charge on any atom is 0.250 e. The van der Waals surface area contributed by atoms with E-state index in [4.69, 9.17) is 4.74 Å². The monoisotopic (exact) mass is 311 g/mol. The minimum Gasteiger partial charge on any atom is -0.492 e. The summed E-state index contributed by atoms with van der Waals surface area (Å²) in [6, 6.07) is 9.50. The van der Waals surface area contributed by atoms with Gasteiger partial charge in [0.05, 0.1) is 11.0 Å². The number of nitrogens with zero attached hydrogens (tertiary/aromatic N) is 1. The van der Waals surface area contributed by atoms with Crippen LogP contribution in [0, 0.1) is 5.82 Å². The van der Waals surface area contributed by atoms with Gasteiger partial charge in [0.25, 0.3) is 5.56 Å². The molecule has 0 unspecified atom stereocenters. The number of rotatable bonds is 4. The molecule has 0 aliphatic rings. The average molecular weight is 312 g/mol. The van der Waals surface area contributed by atoms with E-state index < -0.39 is 0 Å². The van der Waals surface area contributed by atoms with Crippen molar-refractivity contribution in [2.24, 2.45) is 0 Å². The highest BCUT2D eigenvalue weighted by atomic mass is 79.9. The number of halogens is 2. The zero-order valence-electron chi connectivity index (χ0n) is 9.48. The molecule has 2 rings (SSSR count). The van der Waals surface area contributed by atoms with E-state index in [1.807, 2.05) is 0 Å². The molecule has 0 spiro atoms. The molecule has 3 nitrogen and oxygen atoms in total. The first-order chi connectivity index (χ1) is 8.66. The smallest absolute Gasteiger partial charge is 0.250 e. The fourth-order valence-corrected chi connectivity index (χ4v) is 1.72. The summed E-state index contributed by atoms with van der Waals surface area (Å²) in [6.07, 6.45) is 1.69. The van der Waals surface area contributed by atoms with Crippen molar-refractivity contribution in [1.82, 2.24) is 4.57 Å². The van der Waals surface area contributed by atoms with Crippen LogP contribution in [-0.2, 0) is 6.54 Å². The van der Waals surface area contributed by atoms with Crippen LogP contribution in [0.1, 0.15) is 0 Å². The number of pyridine rings is 1. The highest BCUT2D eigenvalue weighted by Crippen LogP contribution is 2.20. The molecule has 2 aromatic rings. The van der Waals surface area contributed by atoms with Gasteiger partial charge in [-0.1, -0.05) is 6.07 Å². The van der Waals surface area contributed by atoms with Gasteiger partial charge in [-0.05, 0) is 34.1 Å². The maximum absolute atomic E-state index is 13.2. The van der Waals surface area contributed by atoms with Crippen LogP contribution in [0.25, 0.3) is 0 Å². The Labute approximate surface area is 112 Å². The minimum absolute atomic E-state index is 0.0805. The Balaban J connectivity index is 1.95. The average Bonchev–Trinajstić information content (AvgIpc) is 2.36. The Morgan fingerprint density at radius 3 is 2.83 bits per heavy atom. The summed E-state index contributed by atoms with van der Waals surface area (Å²) in [6.45, 7) is 0.738. The molecule has 0 saturated heterocycles. The van der Waals surface area contributed by atoms with Crippen molar-refractivity contribution < 1.29 is 9.13 Å². The van der Waals surface area contributed by atoms with Crippen LogP contribution in [0.4, 0.5) is 4.39 Å². The van der Waals surface area contributed by atoms with E-state index in [0.29, 0.717) is 23.4 Å². The van der Waals surface area contributed by atoms with Crippen molar-refractivity contribution in [3.63, 3.8) is 0 Å². The van der Waals surface area contributed by atoms with Gasteiger partial charge in [0, 0.05) is 18.3 Å². The zero-order valence-corrected chi connectivity index (χ0v) is 11.1. The second-order valence-electron chi connectivity index (χ2n) is 3.66. The quantitative estimate of drug-likeness (QED) is 0.869. The molecule has 0 bridgehead atoms. The third-order valence-electron chi connectivity index (χ3n) is 2.39. The van der Waals surface area contributed by atoms with Gasteiger partial charge in [0.1, 0.15) is 18.2 Å². The van der Waals surface area contributed by atoms with E-state index in [9.17, 15) is 9.18 Å². The Morgan fingerprint density at radius 1 is 1.28 bits per heavy atom. The Hall–Kier alpha value is -1.62. The van der Waals surface area contributed by atoms with Gasteiger partial charge < -0.3 is 9.30 Å². The van der Waals surface area contributed by atoms with Gasteiger partial charge in [0.15, 0.2) is 0 Å². The van der Waals surface area contributed by atoms with Crippen molar-refractivity contribution >= 4 is 15.9 Å². The van der Waals surface area contributed by atoms with E-state index >= 15 is 0 Å². The van der Waals surface area contributed by atoms with Crippen molar-refractivity contribution in [2.75, 3.05) is 6.61 Å². The molecule has 0 amide bonds. The van der Waals surface area contributed by atoms with Gasteiger partial charge in [0.2, 0.25) is 0 Å². The summed E-state index contributed by atoms with van der Waals surface area (Å²) in [5.41, 5.74) is -0.0805. The summed E-state index contributed by atoms with van der Waals surface area (Å²) < 4.78 is 20.5. The highest BCUT2D eigenvalue weighted by Gasteiger charge is 2.01. The largest absolute Gasteiger partial charge is 0.492 e. The number of benzene rings is 1. The third-order valence-corrected chi connectivity index (χ3v) is 3.03. The molecule has 1 heterocycles. The first kappa shape index (κ1) is 12.8. The lowest BCUT2D eigenvalue weighted by Crippen LogP contribution is -2.21. The summed E-state index contributed by atoms with van der Waals surface area (Å²) in [7, 11) is 0. The molecule has 1 aromatic carbocycles. The second kappa shape index (κ2) is 5.82. The number of hydrogen-bond acceptors (Lipinski definition) is 2. The fourth-order valence-electron chi connectivity index (χ4n) is 1.47.